The Labute approximate surface area is 160 Å². The highest BCUT2D eigenvalue weighted by molar-refractivity contribution is 5.83. The van der Waals surface area contributed by atoms with Gasteiger partial charge in [-0.2, -0.15) is 0 Å². The Bertz CT molecular complexity index is 850. The molecule has 1 fully saturated rings. The van der Waals surface area contributed by atoms with Gasteiger partial charge in [0.25, 0.3) is 0 Å². The van der Waals surface area contributed by atoms with E-state index >= 15 is 0 Å². The smallest absolute Gasteiger partial charge is 0.123 e. The summed E-state index contributed by atoms with van der Waals surface area (Å²) in [6.07, 6.45) is 5.39. The monoisotopic (exact) mass is 365 g/mol. The average molecular weight is 365 g/mol. The maximum Gasteiger partial charge on any atom is 0.123 e. The molecule has 2 aromatic carbocycles. The molecule has 0 bridgehead atoms. The zero-order valence-corrected chi connectivity index (χ0v) is 15.8. The van der Waals surface area contributed by atoms with Crippen LogP contribution in [-0.4, -0.2) is 47.5 Å². The Hall–Kier alpha value is -2.17. The van der Waals surface area contributed by atoms with Crippen molar-refractivity contribution < 1.29 is 4.39 Å². The molecule has 4 rings (SSSR count). The van der Waals surface area contributed by atoms with Gasteiger partial charge in [0.2, 0.25) is 0 Å². The number of benzene rings is 2. The maximum absolute atomic E-state index is 13.5. The summed E-state index contributed by atoms with van der Waals surface area (Å²) in [4.78, 5) is 8.38. The number of nitrogens with one attached hydrogen (secondary N) is 1. The lowest BCUT2D eigenvalue weighted by Gasteiger charge is -2.34. The molecule has 0 radical (unpaired) electrons. The molecule has 4 heteroatoms. The SMILES string of the molecule is Fc1ccc2[nH]cc(CCCCN3CCN(Cc4ccccc4)CC3)c2c1. The van der Waals surface area contributed by atoms with E-state index in [-0.39, 0.29) is 5.82 Å². The van der Waals surface area contributed by atoms with Crippen LogP contribution in [0.25, 0.3) is 10.9 Å². The number of unbranched alkanes of at least 4 members (excludes halogenated alkanes) is 1. The molecular weight excluding hydrogens is 337 g/mol. The Kier molecular flexibility index (Phi) is 5.85. The molecule has 0 unspecified atom stereocenters. The average Bonchev–Trinajstić information content (AvgIpc) is 3.09. The molecule has 1 aliphatic heterocycles. The summed E-state index contributed by atoms with van der Waals surface area (Å²) in [6.45, 7) is 6.84. The lowest BCUT2D eigenvalue weighted by Crippen LogP contribution is -2.46. The molecule has 1 aliphatic rings. The zero-order valence-electron chi connectivity index (χ0n) is 15.8. The molecule has 2 heterocycles. The molecule has 0 saturated carbocycles. The first-order valence-electron chi connectivity index (χ1n) is 10.0. The number of fused-ring (bicyclic) bond motifs is 1. The van der Waals surface area contributed by atoms with Crippen LogP contribution < -0.4 is 0 Å². The number of hydrogen-bond acceptors (Lipinski definition) is 2. The maximum atomic E-state index is 13.5. The number of H-pyrrole nitrogens is 1. The van der Waals surface area contributed by atoms with E-state index in [1.54, 1.807) is 6.07 Å². The predicted molar refractivity (Wildman–Crippen MR) is 109 cm³/mol. The zero-order chi connectivity index (χ0) is 18.5. The van der Waals surface area contributed by atoms with Crippen molar-refractivity contribution in [2.45, 2.75) is 25.8 Å². The fraction of sp³-hybridized carbons (Fsp3) is 0.391. The quantitative estimate of drug-likeness (QED) is 0.625. The predicted octanol–water partition coefficient (Wildman–Crippen LogP) is 4.45. The van der Waals surface area contributed by atoms with Gasteiger partial charge in [-0.3, -0.25) is 4.90 Å². The van der Waals surface area contributed by atoms with Crippen molar-refractivity contribution in [1.82, 2.24) is 14.8 Å². The standard InChI is InChI=1S/C23H28FN3/c24-21-9-10-23-22(16-21)20(17-25-23)8-4-5-11-26-12-14-27(15-13-26)18-19-6-2-1-3-7-19/h1-3,6-7,9-10,16-17,25H,4-5,8,11-15,18H2. The van der Waals surface area contributed by atoms with Gasteiger partial charge in [0.05, 0.1) is 0 Å². The highest BCUT2D eigenvalue weighted by Gasteiger charge is 2.16. The van der Waals surface area contributed by atoms with Crippen LogP contribution in [0.4, 0.5) is 4.39 Å². The Morgan fingerprint density at radius 3 is 2.48 bits per heavy atom. The van der Waals surface area contributed by atoms with Crippen LogP contribution in [0.3, 0.4) is 0 Å². The third kappa shape index (κ3) is 4.76. The fourth-order valence-corrected chi connectivity index (χ4v) is 4.02. The molecule has 1 aromatic heterocycles. The highest BCUT2D eigenvalue weighted by atomic mass is 19.1. The lowest BCUT2D eigenvalue weighted by molar-refractivity contribution is 0.125. The molecule has 27 heavy (non-hydrogen) atoms. The second-order valence-electron chi connectivity index (χ2n) is 7.56. The third-order valence-electron chi connectivity index (χ3n) is 5.61. The Morgan fingerprint density at radius 2 is 1.67 bits per heavy atom. The van der Waals surface area contributed by atoms with Crippen molar-refractivity contribution in [2.24, 2.45) is 0 Å². The number of nitrogens with zero attached hydrogens (tertiary/aromatic N) is 2. The number of rotatable bonds is 7. The van der Waals surface area contributed by atoms with Crippen LogP contribution in [0.1, 0.15) is 24.0 Å². The first-order valence-corrected chi connectivity index (χ1v) is 10.0. The van der Waals surface area contributed by atoms with Crippen LogP contribution in [0, 0.1) is 5.82 Å². The van der Waals surface area contributed by atoms with E-state index in [2.05, 4.69) is 45.1 Å². The number of aromatic nitrogens is 1. The van der Waals surface area contributed by atoms with Crippen molar-refractivity contribution in [3.05, 3.63) is 71.7 Å². The van der Waals surface area contributed by atoms with E-state index in [1.165, 1.54) is 23.6 Å². The Balaban J connectivity index is 1.18. The van der Waals surface area contributed by atoms with Crippen LogP contribution in [0.2, 0.25) is 0 Å². The summed E-state index contributed by atoms with van der Waals surface area (Å²) in [5, 5.41) is 1.03. The second-order valence-corrected chi connectivity index (χ2v) is 7.56. The van der Waals surface area contributed by atoms with Crippen LogP contribution in [0.5, 0.6) is 0 Å². The van der Waals surface area contributed by atoms with Crippen molar-refractivity contribution in [3.63, 3.8) is 0 Å². The van der Waals surface area contributed by atoms with Gasteiger partial charge in [0.15, 0.2) is 0 Å². The molecule has 0 aliphatic carbocycles. The van der Waals surface area contributed by atoms with Crippen molar-refractivity contribution in [1.29, 1.82) is 0 Å². The normalized spacial score (nSPS) is 16.2. The molecular formula is C23H28FN3. The largest absolute Gasteiger partial charge is 0.361 e. The van der Waals surface area contributed by atoms with E-state index in [4.69, 9.17) is 0 Å². The molecule has 3 nitrogen and oxygen atoms in total. The Morgan fingerprint density at radius 1 is 0.889 bits per heavy atom. The number of halogens is 1. The van der Waals surface area contributed by atoms with Gasteiger partial charge in [-0.25, -0.2) is 4.39 Å². The minimum Gasteiger partial charge on any atom is -0.361 e. The number of piperazine rings is 1. The second kappa shape index (κ2) is 8.68. The highest BCUT2D eigenvalue weighted by Crippen LogP contribution is 2.21. The van der Waals surface area contributed by atoms with E-state index in [0.29, 0.717) is 0 Å². The third-order valence-corrected chi connectivity index (χ3v) is 5.61. The molecule has 1 saturated heterocycles. The van der Waals surface area contributed by atoms with Gasteiger partial charge < -0.3 is 9.88 Å². The van der Waals surface area contributed by atoms with Gasteiger partial charge in [-0.05, 0) is 55.1 Å². The summed E-state index contributed by atoms with van der Waals surface area (Å²) in [6, 6.07) is 15.7. The minimum atomic E-state index is -0.156. The minimum absolute atomic E-state index is 0.156. The molecule has 1 N–H and O–H groups in total. The number of aryl methyl sites for hydroxylation is 1. The molecule has 0 amide bonds. The lowest BCUT2D eigenvalue weighted by atomic mass is 10.1. The van der Waals surface area contributed by atoms with Crippen molar-refractivity contribution >= 4 is 10.9 Å². The number of hydrogen-bond donors (Lipinski definition) is 1. The summed E-state index contributed by atoms with van der Waals surface area (Å²) in [7, 11) is 0. The topological polar surface area (TPSA) is 22.3 Å². The van der Waals surface area contributed by atoms with Crippen LogP contribution in [0.15, 0.2) is 54.7 Å². The van der Waals surface area contributed by atoms with Gasteiger partial charge in [-0.1, -0.05) is 30.3 Å². The van der Waals surface area contributed by atoms with Gasteiger partial charge in [-0.15, -0.1) is 0 Å². The fourth-order valence-electron chi connectivity index (χ4n) is 4.02. The van der Waals surface area contributed by atoms with Crippen molar-refractivity contribution in [3.8, 4) is 0 Å². The molecule has 3 aromatic rings. The molecule has 0 spiro atoms. The van der Waals surface area contributed by atoms with E-state index in [1.807, 2.05) is 12.3 Å². The summed E-state index contributed by atoms with van der Waals surface area (Å²) in [5.41, 5.74) is 3.67. The van der Waals surface area contributed by atoms with Crippen LogP contribution in [-0.2, 0) is 13.0 Å². The van der Waals surface area contributed by atoms with E-state index in [0.717, 1.165) is 63.0 Å². The summed E-state index contributed by atoms with van der Waals surface area (Å²) in [5.74, 6) is -0.156. The first-order chi connectivity index (χ1) is 13.3. The van der Waals surface area contributed by atoms with E-state index in [9.17, 15) is 4.39 Å². The van der Waals surface area contributed by atoms with Crippen molar-refractivity contribution in [2.75, 3.05) is 32.7 Å². The summed E-state index contributed by atoms with van der Waals surface area (Å²) >= 11 is 0. The van der Waals surface area contributed by atoms with Gasteiger partial charge in [0, 0.05) is 49.8 Å². The number of aromatic amines is 1. The van der Waals surface area contributed by atoms with E-state index < -0.39 is 0 Å². The molecule has 0 atom stereocenters. The first kappa shape index (κ1) is 18.2. The molecule has 142 valence electrons. The van der Waals surface area contributed by atoms with Crippen LogP contribution >= 0.6 is 0 Å². The van der Waals surface area contributed by atoms with Gasteiger partial charge in [0.1, 0.15) is 5.82 Å². The summed E-state index contributed by atoms with van der Waals surface area (Å²) < 4.78 is 13.5. The van der Waals surface area contributed by atoms with Gasteiger partial charge >= 0.3 is 0 Å².